The first kappa shape index (κ1) is 12.5. The largest absolute Gasteiger partial charge is 0.295 e. The molecule has 2 aromatic rings. The lowest BCUT2D eigenvalue weighted by atomic mass is 10.1. The second-order valence-corrected chi connectivity index (χ2v) is 4.51. The second kappa shape index (κ2) is 6.12. The highest BCUT2D eigenvalue weighted by molar-refractivity contribution is 5.52. The number of aromatic amines is 1. The molecule has 0 spiro atoms. The van der Waals surface area contributed by atoms with Gasteiger partial charge in [-0.1, -0.05) is 42.0 Å². The van der Waals surface area contributed by atoms with E-state index in [4.69, 9.17) is 0 Å². The number of hydrogen-bond acceptors (Lipinski definition) is 3. The average molecular weight is 242 g/mol. The van der Waals surface area contributed by atoms with Crippen LogP contribution >= 0.6 is 0 Å². The van der Waals surface area contributed by atoms with Crippen LogP contribution < -0.4 is 0 Å². The van der Waals surface area contributed by atoms with Gasteiger partial charge in [-0.3, -0.25) is 10.00 Å². The third-order valence-electron chi connectivity index (χ3n) is 2.62. The molecule has 0 aliphatic rings. The maximum atomic E-state index is 4.12. The van der Waals surface area contributed by atoms with Crippen LogP contribution in [-0.4, -0.2) is 33.7 Å². The minimum Gasteiger partial charge on any atom is -0.295 e. The minimum absolute atomic E-state index is 0.778. The van der Waals surface area contributed by atoms with Gasteiger partial charge in [0.05, 0.1) is 6.54 Å². The molecule has 1 aromatic carbocycles. The lowest BCUT2D eigenvalue weighted by Crippen LogP contribution is -2.20. The number of rotatable bonds is 5. The standard InChI is InChI=1S/C14H18N4/c1-12(8-13-6-4-3-5-7-13)9-18(2)10-14-15-11-16-17-14/h3-8,11H,9-10H2,1-2H3,(H,15,16,17). The van der Waals surface area contributed by atoms with E-state index in [0.717, 1.165) is 18.9 Å². The number of aromatic nitrogens is 3. The molecule has 0 aliphatic heterocycles. The first-order valence-corrected chi connectivity index (χ1v) is 5.99. The van der Waals surface area contributed by atoms with E-state index in [0.29, 0.717) is 0 Å². The molecule has 0 radical (unpaired) electrons. The number of benzene rings is 1. The van der Waals surface area contributed by atoms with Crippen molar-refractivity contribution < 1.29 is 0 Å². The van der Waals surface area contributed by atoms with Crippen LogP contribution in [0.3, 0.4) is 0 Å². The predicted molar refractivity (Wildman–Crippen MR) is 72.8 cm³/mol. The monoisotopic (exact) mass is 242 g/mol. The minimum atomic E-state index is 0.778. The van der Waals surface area contributed by atoms with Gasteiger partial charge >= 0.3 is 0 Å². The molecule has 0 amide bonds. The highest BCUT2D eigenvalue weighted by Crippen LogP contribution is 2.07. The Morgan fingerprint density at radius 2 is 2.11 bits per heavy atom. The van der Waals surface area contributed by atoms with Crippen LogP contribution in [0, 0.1) is 0 Å². The van der Waals surface area contributed by atoms with Gasteiger partial charge in [0.25, 0.3) is 0 Å². The number of hydrogen-bond donors (Lipinski definition) is 1. The molecule has 0 fully saturated rings. The van der Waals surface area contributed by atoms with Crippen molar-refractivity contribution in [3.63, 3.8) is 0 Å². The Morgan fingerprint density at radius 1 is 1.33 bits per heavy atom. The molecule has 1 heterocycles. The summed E-state index contributed by atoms with van der Waals surface area (Å²) < 4.78 is 0. The quantitative estimate of drug-likeness (QED) is 0.875. The van der Waals surface area contributed by atoms with E-state index in [1.807, 2.05) is 6.07 Å². The zero-order chi connectivity index (χ0) is 12.8. The summed E-state index contributed by atoms with van der Waals surface area (Å²) in [6.45, 7) is 3.83. The second-order valence-electron chi connectivity index (χ2n) is 4.51. The fourth-order valence-electron chi connectivity index (χ4n) is 1.92. The maximum absolute atomic E-state index is 4.12. The lowest BCUT2D eigenvalue weighted by Gasteiger charge is -2.15. The molecule has 0 atom stereocenters. The molecule has 0 saturated carbocycles. The smallest absolute Gasteiger partial charge is 0.138 e. The number of nitrogens with one attached hydrogen (secondary N) is 1. The highest BCUT2D eigenvalue weighted by Gasteiger charge is 2.03. The van der Waals surface area contributed by atoms with Gasteiger partial charge in [0.2, 0.25) is 0 Å². The molecule has 94 valence electrons. The average Bonchev–Trinajstić information content (AvgIpc) is 2.82. The summed E-state index contributed by atoms with van der Waals surface area (Å²) in [4.78, 5) is 6.32. The van der Waals surface area contributed by atoms with Gasteiger partial charge < -0.3 is 0 Å². The topological polar surface area (TPSA) is 44.8 Å². The van der Waals surface area contributed by atoms with Crippen molar-refractivity contribution in [3.8, 4) is 0 Å². The van der Waals surface area contributed by atoms with Crippen molar-refractivity contribution in [2.45, 2.75) is 13.5 Å². The SMILES string of the molecule is CC(=Cc1ccccc1)CN(C)Cc1ncn[nH]1. The van der Waals surface area contributed by atoms with E-state index in [-0.39, 0.29) is 0 Å². The molecule has 4 nitrogen and oxygen atoms in total. The summed E-state index contributed by atoms with van der Waals surface area (Å²) in [6, 6.07) is 10.4. The van der Waals surface area contributed by atoms with Gasteiger partial charge in [-0.2, -0.15) is 5.10 Å². The van der Waals surface area contributed by atoms with Crippen molar-refractivity contribution in [3.05, 3.63) is 53.6 Å². The third-order valence-corrected chi connectivity index (χ3v) is 2.62. The molecule has 1 aromatic heterocycles. The molecule has 2 rings (SSSR count). The molecule has 0 bridgehead atoms. The van der Waals surface area contributed by atoms with Crippen LogP contribution in [0.2, 0.25) is 0 Å². The summed E-state index contributed by atoms with van der Waals surface area (Å²) in [5.41, 5.74) is 2.56. The van der Waals surface area contributed by atoms with Gasteiger partial charge in [-0.25, -0.2) is 4.98 Å². The molecule has 18 heavy (non-hydrogen) atoms. The molecular weight excluding hydrogens is 224 g/mol. The van der Waals surface area contributed by atoms with Gasteiger partial charge in [-0.05, 0) is 19.5 Å². The normalized spacial score (nSPS) is 12.1. The van der Waals surface area contributed by atoms with Crippen molar-refractivity contribution in [1.82, 2.24) is 20.1 Å². The predicted octanol–water partition coefficient (Wildman–Crippen LogP) is 2.34. The van der Waals surface area contributed by atoms with E-state index in [9.17, 15) is 0 Å². The number of H-pyrrole nitrogens is 1. The Kier molecular flexibility index (Phi) is 4.25. The van der Waals surface area contributed by atoms with Crippen LogP contribution in [0.25, 0.3) is 6.08 Å². The number of likely N-dealkylation sites (N-methyl/N-ethyl adjacent to an activating group) is 1. The Hall–Kier alpha value is -1.94. The Morgan fingerprint density at radius 3 is 2.78 bits per heavy atom. The molecule has 4 heteroatoms. The summed E-state index contributed by atoms with van der Waals surface area (Å²) >= 11 is 0. The van der Waals surface area contributed by atoms with E-state index in [1.165, 1.54) is 17.5 Å². The van der Waals surface area contributed by atoms with Crippen LogP contribution in [0.15, 0.2) is 42.2 Å². The first-order chi connectivity index (χ1) is 8.74. The summed E-state index contributed by atoms with van der Waals surface area (Å²) in [5, 5.41) is 6.71. The van der Waals surface area contributed by atoms with Crippen molar-refractivity contribution in [2.75, 3.05) is 13.6 Å². The highest BCUT2D eigenvalue weighted by atomic mass is 15.2. The molecule has 0 unspecified atom stereocenters. The van der Waals surface area contributed by atoms with Crippen molar-refractivity contribution >= 4 is 6.08 Å². The van der Waals surface area contributed by atoms with E-state index >= 15 is 0 Å². The van der Waals surface area contributed by atoms with Crippen LogP contribution in [0.5, 0.6) is 0 Å². The Balaban J connectivity index is 1.91. The van der Waals surface area contributed by atoms with Gasteiger partial charge in [0, 0.05) is 6.54 Å². The molecular formula is C14H18N4. The molecule has 0 aliphatic carbocycles. The first-order valence-electron chi connectivity index (χ1n) is 5.99. The Labute approximate surface area is 107 Å². The molecule has 0 saturated heterocycles. The molecule has 1 N–H and O–H groups in total. The number of nitrogens with zero attached hydrogens (tertiary/aromatic N) is 3. The third kappa shape index (κ3) is 3.82. The summed E-state index contributed by atoms with van der Waals surface area (Å²) in [6.07, 6.45) is 3.74. The maximum Gasteiger partial charge on any atom is 0.138 e. The van der Waals surface area contributed by atoms with Crippen LogP contribution in [-0.2, 0) is 6.54 Å². The zero-order valence-electron chi connectivity index (χ0n) is 10.8. The Bertz CT molecular complexity index is 488. The van der Waals surface area contributed by atoms with E-state index in [1.54, 1.807) is 0 Å². The fraction of sp³-hybridized carbons (Fsp3) is 0.286. The summed E-state index contributed by atoms with van der Waals surface area (Å²) in [7, 11) is 2.07. The van der Waals surface area contributed by atoms with E-state index in [2.05, 4.69) is 64.4 Å². The van der Waals surface area contributed by atoms with Gasteiger partial charge in [-0.15, -0.1) is 0 Å². The van der Waals surface area contributed by atoms with Crippen LogP contribution in [0.1, 0.15) is 18.3 Å². The van der Waals surface area contributed by atoms with Gasteiger partial charge in [0.1, 0.15) is 12.2 Å². The van der Waals surface area contributed by atoms with E-state index < -0.39 is 0 Å². The van der Waals surface area contributed by atoms with Crippen molar-refractivity contribution in [1.29, 1.82) is 0 Å². The summed E-state index contributed by atoms with van der Waals surface area (Å²) in [5.74, 6) is 0.894. The van der Waals surface area contributed by atoms with Crippen molar-refractivity contribution in [2.24, 2.45) is 0 Å². The van der Waals surface area contributed by atoms with Crippen LogP contribution in [0.4, 0.5) is 0 Å². The zero-order valence-corrected chi connectivity index (χ0v) is 10.8. The fourth-order valence-corrected chi connectivity index (χ4v) is 1.92. The lowest BCUT2D eigenvalue weighted by molar-refractivity contribution is 0.346. The van der Waals surface area contributed by atoms with Gasteiger partial charge in [0.15, 0.2) is 0 Å².